The Kier molecular flexibility index (Phi) is 3.98. The average Bonchev–Trinajstić information content (AvgIpc) is 2.66. The molecule has 1 heterocycles. The van der Waals surface area contributed by atoms with Crippen molar-refractivity contribution in [3.8, 4) is 0 Å². The third-order valence-corrected chi connectivity index (χ3v) is 2.18. The number of nitrogens with zero attached hydrogens (tertiary/aromatic N) is 3. The second-order valence-corrected chi connectivity index (χ2v) is 3.56. The molecule has 0 radical (unpaired) electrons. The molecule has 7 nitrogen and oxygen atoms in total. The van der Waals surface area contributed by atoms with Crippen LogP contribution in [-0.4, -0.2) is 45.2 Å². The zero-order chi connectivity index (χ0) is 11.3. The van der Waals surface area contributed by atoms with Gasteiger partial charge in [-0.3, -0.25) is 10.1 Å². The Morgan fingerprint density at radius 1 is 1.67 bits per heavy atom. The fraction of sp³-hybridized carbons (Fsp3) is 0.429. The number of urea groups is 1. The highest BCUT2D eigenvalue weighted by molar-refractivity contribution is 7.10. The first-order valence-electron chi connectivity index (χ1n) is 4.11. The van der Waals surface area contributed by atoms with Gasteiger partial charge in [0.2, 0.25) is 0 Å². The van der Waals surface area contributed by atoms with Gasteiger partial charge < -0.3 is 10.0 Å². The monoisotopic (exact) mass is 230 g/mol. The maximum atomic E-state index is 11.4. The third-order valence-electron chi connectivity index (χ3n) is 1.60. The van der Waals surface area contributed by atoms with Gasteiger partial charge in [-0.15, -0.1) is 5.10 Å². The third kappa shape index (κ3) is 3.90. The van der Waals surface area contributed by atoms with Crippen LogP contribution in [0.25, 0.3) is 0 Å². The maximum Gasteiger partial charge on any atom is 0.322 e. The molecule has 0 aliphatic carbocycles. The molecule has 0 aromatic carbocycles. The minimum Gasteiger partial charge on any atom is -0.481 e. The van der Waals surface area contributed by atoms with Crippen molar-refractivity contribution in [2.75, 3.05) is 18.9 Å². The van der Waals surface area contributed by atoms with Crippen molar-refractivity contribution in [3.63, 3.8) is 0 Å². The molecule has 1 rings (SSSR count). The number of carboxylic acid groups (broad SMARTS) is 1. The van der Waals surface area contributed by atoms with Gasteiger partial charge in [0.15, 0.2) is 0 Å². The van der Waals surface area contributed by atoms with E-state index in [0.29, 0.717) is 5.00 Å². The first kappa shape index (κ1) is 11.4. The highest BCUT2D eigenvalue weighted by Gasteiger charge is 2.10. The number of hydrogen-bond donors (Lipinski definition) is 2. The number of carbonyl (C=O) groups excluding carboxylic acids is 1. The fourth-order valence-electron chi connectivity index (χ4n) is 0.788. The minimum absolute atomic E-state index is 0.0785. The van der Waals surface area contributed by atoms with Gasteiger partial charge in [-0.05, 0) is 0 Å². The largest absolute Gasteiger partial charge is 0.481 e. The Labute approximate surface area is 89.9 Å². The van der Waals surface area contributed by atoms with E-state index >= 15 is 0 Å². The van der Waals surface area contributed by atoms with Crippen LogP contribution in [0.5, 0.6) is 0 Å². The molecule has 2 amide bonds. The molecule has 1 aromatic rings. The lowest BCUT2D eigenvalue weighted by molar-refractivity contribution is -0.137. The quantitative estimate of drug-likeness (QED) is 0.784. The molecule has 0 atom stereocenters. The van der Waals surface area contributed by atoms with Crippen LogP contribution in [0.3, 0.4) is 0 Å². The second-order valence-electron chi connectivity index (χ2n) is 2.78. The molecule has 2 N–H and O–H groups in total. The highest BCUT2D eigenvalue weighted by atomic mass is 32.1. The van der Waals surface area contributed by atoms with Crippen LogP contribution < -0.4 is 5.32 Å². The molecule has 0 saturated carbocycles. The van der Waals surface area contributed by atoms with Gasteiger partial charge in [0.1, 0.15) is 5.00 Å². The Hall–Kier alpha value is -1.70. The van der Waals surface area contributed by atoms with E-state index in [1.54, 1.807) is 0 Å². The van der Waals surface area contributed by atoms with Gasteiger partial charge in [-0.1, -0.05) is 4.49 Å². The van der Waals surface area contributed by atoms with Gasteiger partial charge in [0.25, 0.3) is 0 Å². The number of carboxylic acids is 1. The molecule has 1 aromatic heterocycles. The van der Waals surface area contributed by atoms with E-state index in [1.165, 1.54) is 18.1 Å². The number of amides is 2. The lowest BCUT2D eigenvalue weighted by atomic mass is 10.4. The number of carbonyl (C=O) groups is 2. The Bertz CT molecular complexity index is 340. The van der Waals surface area contributed by atoms with E-state index in [-0.39, 0.29) is 19.0 Å². The molecule has 0 bridgehead atoms. The number of aromatic nitrogens is 2. The summed E-state index contributed by atoms with van der Waals surface area (Å²) < 4.78 is 3.57. The highest BCUT2D eigenvalue weighted by Crippen LogP contribution is 2.09. The van der Waals surface area contributed by atoms with Crippen molar-refractivity contribution < 1.29 is 14.7 Å². The van der Waals surface area contributed by atoms with Crippen LogP contribution in [0.15, 0.2) is 6.20 Å². The van der Waals surface area contributed by atoms with Gasteiger partial charge >= 0.3 is 12.0 Å². The molecule has 15 heavy (non-hydrogen) atoms. The minimum atomic E-state index is -0.936. The molecule has 82 valence electrons. The van der Waals surface area contributed by atoms with Crippen LogP contribution in [0.2, 0.25) is 0 Å². The van der Waals surface area contributed by atoms with Crippen LogP contribution in [-0.2, 0) is 4.79 Å². The lowest BCUT2D eigenvalue weighted by Gasteiger charge is -2.15. The smallest absolute Gasteiger partial charge is 0.322 e. The van der Waals surface area contributed by atoms with Crippen molar-refractivity contribution in [2.24, 2.45) is 0 Å². The summed E-state index contributed by atoms with van der Waals surface area (Å²) in [4.78, 5) is 22.9. The standard InChI is InChI=1S/C7H10N4O3S/c1-11(3-2-6(12)13)7(14)9-5-4-8-10-15-5/h4H,2-3H2,1H3,(H,9,14)(H,12,13). The number of hydrogen-bond acceptors (Lipinski definition) is 5. The zero-order valence-electron chi connectivity index (χ0n) is 8.01. The van der Waals surface area contributed by atoms with Crippen molar-refractivity contribution in [1.29, 1.82) is 0 Å². The number of anilines is 1. The maximum absolute atomic E-state index is 11.4. The van der Waals surface area contributed by atoms with Crippen molar-refractivity contribution in [2.45, 2.75) is 6.42 Å². The molecule has 0 aliphatic rings. The van der Waals surface area contributed by atoms with Crippen LogP contribution in [0, 0.1) is 0 Å². The molecule has 0 fully saturated rings. The number of aliphatic carboxylic acids is 1. The molecule has 0 unspecified atom stereocenters. The number of nitrogens with one attached hydrogen (secondary N) is 1. The SMILES string of the molecule is CN(CCC(=O)O)C(=O)Nc1cnns1. The summed E-state index contributed by atoms with van der Waals surface area (Å²) in [6, 6.07) is -0.373. The van der Waals surface area contributed by atoms with E-state index in [4.69, 9.17) is 5.11 Å². The molecule has 0 saturated heterocycles. The summed E-state index contributed by atoms with van der Waals surface area (Å²) in [6.45, 7) is 0.160. The van der Waals surface area contributed by atoms with Gasteiger partial charge in [0, 0.05) is 25.1 Å². The van der Waals surface area contributed by atoms with Crippen molar-refractivity contribution in [3.05, 3.63) is 6.20 Å². The summed E-state index contributed by atoms with van der Waals surface area (Å²) in [5.41, 5.74) is 0. The summed E-state index contributed by atoms with van der Waals surface area (Å²) in [7, 11) is 1.52. The molecule has 8 heteroatoms. The van der Waals surface area contributed by atoms with E-state index in [2.05, 4.69) is 14.9 Å². The Morgan fingerprint density at radius 3 is 2.93 bits per heavy atom. The fourth-order valence-corrected chi connectivity index (χ4v) is 1.20. The van der Waals surface area contributed by atoms with Crippen LogP contribution in [0.4, 0.5) is 9.80 Å². The Balaban J connectivity index is 2.36. The van der Waals surface area contributed by atoms with E-state index in [9.17, 15) is 9.59 Å². The van der Waals surface area contributed by atoms with Gasteiger partial charge in [0.05, 0.1) is 12.6 Å². The van der Waals surface area contributed by atoms with Crippen LogP contribution in [0.1, 0.15) is 6.42 Å². The van der Waals surface area contributed by atoms with E-state index < -0.39 is 5.97 Å². The first-order valence-corrected chi connectivity index (χ1v) is 4.88. The molecule has 0 aliphatic heterocycles. The second kappa shape index (κ2) is 5.25. The lowest BCUT2D eigenvalue weighted by Crippen LogP contribution is -2.32. The first-order chi connectivity index (χ1) is 7.09. The summed E-state index contributed by atoms with van der Waals surface area (Å²) in [6.07, 6.45) is 1.35. The van der Waals surface area contributed by atoms with Crippen molar-refractivity contribution >= 4 is 28.5 Å². The summed E-state index contributed by atoms with van der Waals surface area (Å²) >= 11 is 1.06. The predicted molar refractivity (Wildman–Crippen MR) is 53.8 cm³/mol. The summed E-state index contributed by atoms with van der Waals surface area (Å²) in [5, 5.41) is 15.0. The zero-order valence-corrected chi connectivity index (χ0v) is 8.82. The van der Waals surface area contributed by atoms with Crippen LogP contribution >= 0.6 is 11.5 Å². The van der Waals surface area contributed by atoms with Gasteiger partial charge in [-0.2, -0.15) is 0 Å². The summed E-state index contributed by atoms with van der Waals surface area (Å²) in [5.74, 6) is -0.936. The molecular weight excluding hydrogens is 220 g/mol. The van der Waals surface area contributed by atoms with E-state index in [1.807, 2.05) is 0 Å². The average molecular weight is 230 g/mol. The predicted octanol–water partition coefficient (Wildman–Crippen LogP) is 0.476. The molecule has 0 spiro atoms. The number of rotatable bonds is 4. The van der Waals surface area contributed by atoms with Crippen molar-refractivity contribution in [1.82, 2.24) is 14.5 Å². The van der Waals surface area contributed by atoms with E-state index in [0.717, 1.165) is 11.5 Å². The molecular formula is C7H10N4O3S. The topological polar surface area (TPSA) is 95.4 Å². The normalized spacial score (nSPS) is 9.67. The van der Waals surface area contributed by atoms with Gasteiger partial charge in [-0.25, -0.2) is 4.79 Å². The Morgan fingerprint density at radius 2 is 2.40 bits per heavy atom.